The molecule has 1 heterocycles. The number of hydrogen-bond acceptors (Lipinski definition) is 4. The number of rotatable bonds is 7. The van der Waals surface area contributed by atoms with Crippen LogP contribution in [0.1, 0.15) is 62.0 Å². The second-order valence-electron chi connectivity index (χ2n) is 7.53. The van der Waals surface area contributed by atoms with Gasteiger partial charge in [-0.05, 0) is 36.8 Å². The maximum Gasteiger partial charge on any atom is 0.293 e. The Morgan fingerprint density at radius 3 is 2.44 bits per heavy atom. The highest BCUT2D eigenvalue weighted by Crippen LogP contribution is 2.23. The van der Waals surface area contributed by atoms with E-state index in [-0.39, 0.29) is 30.2 Å². The third kappa shape index (κ3) is 5.53. The molecule has 0 bridgehead atoms. The van der Waals surface area contributed by atoms with Gasteiger partial charge >= 0.3 is 0 Å². The molecule has 2 N–H and O–H groups in total. The second kappa shape index (κ2) is 9.85. The Kier molecular flexibility index (Phi) is 8.44. The molecule has 1 aromatic heterocycles. The number of hydrogen-bond donors (Lipinski definition) is 1. The first-order valence-electron chi connectivity index (χ1n) is 9.26. The van der Waals surface area contributed by atoms with E-state index in [0.29, 0.717) is 24.2 Å². The number of benzene rings is 1. The van der Waals surface area contributed by atoms with E-state index in [0.717, 1.165) is 12.1 Å². The molecule has 0 saturated heterocycles. The van der Waals surface area contributed by atoms with Gasteiger partial charge in [0.2, 0.25) is 5.82 Å². The Bertz CT molecular complexity index is 757. The van der Waals surface area contributed by atoms with Gasteiger partial charge in [-0.2, -0.15) is 0 Å². The summed E-state index contributed by atoms with van der Waals surface area (Å²) in [7, 11) is 1.77. The van der Waals surface area contributed by atoms with Crippen molar-refractivity contribution in [3.05, 3.63) is 41.5 Å². The summed E-state index contributed by atoms with van der Waals surface area (Å²) in [6, 6.07) is 8.17. The molecule has 2 aromatic rings. The number of para-hydroxylation sites is 1. The van der Waals surface area contributed by atoms with Crippen molar-refractivity contribution < 1.29 is 4.79 Å². The van der Waals surface area contributed by atoms with Crippen LogP contribution in [0.4, 0.5) is 0 Å². The predicted molar refractivity (Wildman–Crippen MR) is 112 cm³/mol. The number of nitrogens with zero attached hydrogens (tertiary/aromatic N) is 4. The zero-order valence-electron chi connectivity index (χ0n) is 17.1. The quantitative estimate of drug-likeness (QED) is 0.780. The topological polar surface area (TPSA) is 77.0 Å². The standard InChI is InChI=1S/C20H31N5O.ClH/c1-13(2)16-9-7-8-10-18(16)25-15(5)22-19(23-25)20(26)24(6)12-11-17(21)14(3)4;/h7-10,13-14,17H,11-12,21H2,1-6H3;1H. The monoisotopic (exact) mass is 393 g/mol. The lowest BCUT2D eigenvalue weighted by molar-refractivity contribution is 0.0777. The van der Waals surface area contributed by atoms with Crippen molar-refractivity contribution >= 4 is 18.3 Å². The second-order valence-corrected chi connectivity index (χ2v) is 7.53. The van der Waals surface area contributed by atoms with Gasteiger partial charge in [0, 0.05) is 19.6 Å². The number of amides is 1. The highest BCUT2D eigenvalue weighted by molar-refractivity contribution is 5.90. The summed E-state index contributed by atoms with van der Waals surface area (Å²) in [6.45, 7) is 10.9. The van der Waals surface area contributed by atoms with E-state index in [1.165, 1.54) is 5.56 Å². The van der Waals surface area contributed by atoms with E-state index in [9.17, 15) is 4.79 Å². The van der Waals surface area contributed by atoms with Crippen LogP contribution in [0.25, 0.3) is 5.69 Å². The molecule has 0 aliphatic heterocycles. The van der Waals surface area contributed by atoms with Crippen LogP contribution in [0, 0.1) is 12.8 Å². The van der Waals surface area contributed by atoms with Crippen molar-refractivity contribution in [2.45, 2.75) is 53.0 Å². The van der Waals surface area contributed by atoms with E-state index < -0.39 is 0 Å². The van der Waals surface area contributed by atoms with Crippen LogP contribution in [0.2, 0.25) is 0 Å². The molecule has 0 radical (unpaired) electrons. The van der Waals surface area contributed by atoms with Gasteiger partial charge in [-0.15, -0.1) is 17.5 Å². The molecule has 2 rings (SSSR count). The first-order valence-corrected chi connectivity index (χ1v) is 9.26. The lowest BCUT2D eigenvalue weighted by Crippen LogP contribution is -2.35. The van der Waals surface area contributed by atoms with E-state index in [1.807, 2.05) is 25.1 Å². The summed E-state index contributed by atoms with van der Waals surface area (Å²) in [5.74, 6) is 1.50. The molecule has 1 amide bonds. The minimum absolute atomic E-state index is 0. The molecule has 0 aliphatic rings. The Labute approximate surface area is 168 Å². The van der Waals surface area contributed by atoms with Crippen molar-refractivity contribution in [3.63, 3.8) is 0 Å². The molecule has 7 heteroatoms. The van der Waals surface area contributed by atoms with E-state index in [2.05, 4.69) is 43.8 Å². The zero-order chi connectivity index (χ0) is 19.4. The van der Waals surface area contributed by atoms with Crippen LogP contribution in [-0.2, 0) is 0 Å². The molecule has 0 aliphatic carbocycles. The summed E-state index contributed by atoms with van der Waals surface area (Å²) < 4.78 is 1.76. The van der Waals surface area contributed by atoms with Gasteiger partial charge in [0.15, 0.2) is 0 Å². The van der Waals surface area contributed by atoms with E-state index >= 15 is 0 Å². The molecule has 6 nitrogen and oxygen atoms in total. The maximum atomic E-state index is 12.7. The van der Waals surface area contributed by atoms with Crippen LogP contribution in [0.15, 0.2) is 24.3 Å². The highest BCUT2D eigenvalue weighted by Gasteiger charge is 2.21. The number of nitrogens with two attached hydrogens (primary N) is 1. The Hall–Kier alpha value is -1.92. The van der Waals surface area contributed by atoms with Crippen molar-refractivity contribution in [2.75, 3.05) is 13.6 Å². The Morgan fingerprint density at radius 1 is 1.22 bits per heavy atom. The number of halogens is 1. The molecule has 0 saturated carbocycles. The van der Waals surface area contributed by atoms with E-state index in [1.54, 1.807) is 16.6 Å². The summed E-state index contributed by atoms with van der Waals surface area (Å²) in [6.07, 6.45) is 0.760. The smallest absolute Gasteiger partial charge is 0.293 e. The summed E-state index contributed by atoms with van der Waals surface area (Å²) in [5, 5.41) is 4.49. The van der Waals surface area contributed by atoms with Crippen molar-refractivity contribution in [1.29, 1.82) is 0 Å². The summed E-state index contributed by atoms with van der Waals surface area (Å²) >= 11 is 0. The van der Waals surface area contributed by atoms with E-state index in [4.69, 9.17) is 5.73 Å². The number of carbonyl (C=O) groups is 1. The minimum Gasteiger partial charge on any atom is -0.339 e. The Morgan fingerprint density at radius 2 is 1.85 bits per heavy atom. The van der Waals surface area contributed by atoms with Crippen molar-refractivity contribution in [1.82, 2.24) is 19.7 Å². The third-order valence-electron chi connectivity index (χ3n) is 4.75. The minimum atomic E-state index is -0.176. The van der Waals surface area contributed by atoms with Crippen molar-refractivity contribution in [3.8, 4) is 5.69 Å². The number of aromatic nitrogens is 3. The fourth-order valence-electron chi connectivity index (χ4n) is 2.83. The normalized spacial score (nSPS) is 12.2. The predicted octanol–water partition coefficient (Wildman–Crippen LogP) is 3.57. The molecule has 1 atom stereocenters. The van der Waals surface area contributed by atoms with Crippen LogP contribution in [0.3, 0.4) is 0 Å². The van der Waals surface area contributed by atoms with Gasteiger partial charge in [0.1, 0.15) is 5.82 Å². The molecule has 150 valence electrons. The number of carbonyl (C=O) groups excluding carboxylic acids is 1. The lowest BCUT2D eigenvalue weighted by Gasteiger charge is -2.20. The van der Waals surface area contributed by atoms with Gasteiger partial charge in [-0.3, -0.25) is 4.79 Å². The molecular formula is C20H32ClN5O. The summed E-state index contributed by atoms with van der Waals surface area (Å²) in [5.41, 5.74) is 8.22. The van der Waals surface area contributed by atoms with Gasteiger partial charge in [-0.25, -0.2) is 9.67 Å². The van der Waals surface area contributed by atoms with Gasteiger partial charge in [-0.1, -0.05) is 45.9 Å². The molecule has 0 fully saturated rings. The third-order valence-corrected chi connectivity index (χ3v) is 4.75. The molecule has 1 unspecified atom stereocenters. The van der Waals surface area contributed by atoms with Crippen LogP contribution in [-0.4, -0.2) is 45.2 Å². The Balaban J connectivity index is 0.00000364. The molecular weight excluding hydrogens is 362 g/mol. The molecule has 27 heavy (non-hydrogen) atoms. The van der Waals surface area contributed by atoms with Crippen LogP contribution < -0.4 is 5.73 Å². The molecule has 1 aromatic carbocycles. The van der Waals surface area contributed by atoms with Crippen LogP contribution >= 0.6 is 12.4 Å². The number of aryl methyl sites for hydroxylation is 1. The highest BCUT2D eigenvalue weighted by atomic mass is 35.5. The molecule has 0 spiro atoms. The van der Waals surface area contributed by atoms with Crippen molar-refractivity contribution in [2.24, 2.45) is 11.7 Å². The fraction of sp³-hybridized carbons (Fsp3) is 0.550. The average Bonchev–Trinajstić information content (AvgIpc) is 2.99. The fourth-order valence-corrected chi connectivity index (χ4v) is 2.83. The first kappa shape index (κ1) is 23.1. The average molecular weight is 394 g/mol. The van der Waals surface area contributed by atoms with Gasteiger partial charge in [0.25, 0.3) is 5.91 Å². The maximum absolute atomic E-state index is 12.7. The zero-order valence-corrected chi connectivity index (χ0v) is 18.0. The van der Waals surface area contributed by atoms with Gasteiger partial charge < -0.3 is 10.6 Å². The van der Waals surface area contributed by atoms with Crippen LogP contribution in [0.5, 0.6) is 0 Å². The SMILES string of the molecule is Cc1nc(C(=O)N(C)CCC(N)C(C)C)nn1-c1ccccc1C(C)C.Cl. The summed E-state index contributed by atoms with van der Waals surface area (Å²) in [4.78, 5) is 18.7. The lowest BCUT2D eigenvalue weighted by atomic mass is 10.0. The first-order chi connectivity index (χ1) is 12.2. The largest absolute Gasteiger partial charge is 0.339 e. The van der Waals surface area contributed by atoms with Gasteiger partial charge in [0.05, 0.1) is 5.69 Å².